The smallest absolute Gasteiger partial charge is 0.332 e. The van der Waals surface area contributed by atoms with Gasteiger partial charge in [-0.1, -0.05) is 6.08 Å². The molecule has 0 aliphatic carbocycles. The van der Waals surface area contributed by atoms with Gasteiger partial charge in [0.25, 0.3) is 0 Å². The van der Waals surface area contributed by atoms with E-state index in [9.17, 15) is 4.79 Å². The summed E-state index contributed by atoms with van der Waals surface area (Å²) in [5.74, 6) is 0. The van der Waals surface area contributed by atoms with Gasteiger partial charge in [-0.3, -0.25) is 0 Å². The number of primary amides is 1. The number of hydrogen-bond donors (Lipinski definition) is 2. The van der Waals surface area contributed by atoms with E-state index in [1.54, 1.807) is 6.21 Å². The molecule has 0 unspecified atom stereocenters. The van der Waals surface area contributed by atoms with Crippen molar-refractivity contribution in [3.8, 4) is 0 Å². The Morgan fingerprint density at radius 3 is 2.57 bits per heavy atom. The first kappa shape index (κ1) is 17.1. The van der Waals surface area contributed by atoms with E-state index in [0.717, 1.165) is 11.1 Å². The molecular formula is C18H26N4O. The molecule has 5 nitrogen and oxygen atoms in total. The molecule has 0 bridgehead atoms. The van der Waals surface area contributed by atoms with E-state index in [4.69, 9.17) is 5.73 Å². The second kappa shape index (κ2) is 6.07. The summed E-state index contributed by atoms with van der Waals surface area (Å²) in [5, 5.41) is 3.88. The molecule has 0 aromatic heterocycles. The van der Waals surface area contributed by atoms with Crippen molar-refractivity contribution < 1.29 is 4.79 Å². The highest BCUT2D eigenvalue weighted by atomic mass is 16.2. The largest absolute Gasteiger partial charge is 0.360 e. The Balaban J connectivity index is 2.53. The molecular weight excluding hydrogens is 288 g/mol. The predicted molar refractivity (Wildman–Crippen MR) is 96.8 cm³/mol. The highest BCUT2D eigenvalue weighted by molar-refractivity contribution is 5.90. The first-order chi connectivity index (χ1) is 10.6. The molecule has 2 amide bonds. The minimum Gasteiger partial charge on any atom is -0.360 e. The molecule has 0 fully saturated rings. The Morgan fingerprint density at radius 1 is 1.35 bits per heavy atom. The molecule has 0 spiro atoms. The maximum Gasteiger partial charge on any atom is 0.332 e. The van der Waals surface area contributed by atoms with Gasteiger partial charge in [-0.25, -0.2) is 10.2 Å². The summed E-state index contributed by atoms with van der Waals surface area (Å²) in [6, 6.07) is 4.04. The molecule has 1 heterocycles. The van der Waals surface area contributed by atoms with E-state index in [-0.39, 0.29) is 5.54 Å². The van der Waals surface area contributed by atoms with E-state index in [2.05, 4.69) is 68.3 Å². The third-order valence-corrected chi connectivity index (χ3v) is 4.15. The number of urea groups is 1. The van der Waals surface area contributed by atoms with E-state index >= 15 is 0 Å². The summed E-state index contributed by atoms with van der Waals surface area (Å²) in [6.07, 6.45) is 3.93. The second-order valence-corrected chi connectivity index (χ2v) is 6.90. The Labute approximate surface area is 138 Å². The average Bonchev–Trinajstić information content (AvgIpc) is 2.38. The molecule has 1 aliphatic rings. The summed E-state index contributed by atoms with van der Waals surface area (Å²) >= 11 is 0. The normalized spacial score (nSPS) is 16.5. The molecule has 0 atom stereocenters. The minimum absolute atomic E-state index is 0.0270. The van der Waals surface area contributed by atoms with Gasteiger partial charge >= 0.3 is 6.03 Å². The van der Waals surface area contributed by atoms with Crippen molar-refractivity contribution >= 4 is 23.5 Å². The number of anilines is 1. The highest BCUT2D eigenvalue weighted by Gasteiger charge is 2.33. The molecule has 1 aromatic rings. The Hall–Kier alpha value is -2.30. The molecule has 1 aliphatic heterocycles. The number of amides is 2. The minimum atomic E-state index is -0.666. The maximum absolute atomic E-state index is 10.7. The molecule has 0 radical (unpaired) electrons. The van der Waals surface area contributed by atoms with Gasteiger partial charge in [0.05, 0.1) is 11.8 Å². The summed E-state index contributed by atoms with van der Waals surface area (Å²) < 4.78 is 0. The monoisotopic (exact) mass is 314 g/mol. The van der Waals surface area contributed by atoms with E-state index in [1.807, 2.05) is 6.92 Å². The number of allylic oxidation sites excluding steroid dienone is 1. The van der Waals surface area contributed by atoms with Crippen LogP contribution in [0.25, 0.3) is 5.57 Å². The number of nitrogens with two attached hydrogens (primary N) is 1. The summed E-state index contributed by atoms with van der Waals surface area (Å²) in [6.45, 7) is 13.1. The highest BCUT2D eigenvalue weighted by Crippen LogP contribution is 2.41. The lowest BCUT2D eigenvalue weighted by atomic mass is 9.86. The van der Waals surface area contributed by atoms with Crippen molar-refractivity contribution in [2.24, 2.45) is 10.8 Å². The number of fused-ring (bicyclic) bond motifs is 1. The number of benzene rings is 1. The molecule has 124 valence electrons. The summed E-state index contributed by atoms with van der Waals surface area (Å²) in [4.78, 5) is 13.2. The Bertz CT molecular complexity index is 687. The zero-order valence-corrected chi connectivity index (χ0v) is 14.8. The van der Waals surface area contributed by atoms with Crippen molar-refractivity contribution in [3.05, 3.63) is 34.9 Å². The number of hydrogen-bond acceptors (Lipinski definition) is 3. The summed E-state index contributed by atoms with van der Waals surface area (Å²) in [7, 11) is 0. The lowest BCUT2D eigenvalue weighted by Gasteiger charge is -2.46. The number of aryl methyl sites for hydroxylation is 1. The number of carbonyl (C=O) groups excluding carboxylic acids is 1. The van der Waals surface area contributed by atoms with Crippen LogP contribution < -0.4 is 16.1 Å². The second-order valence-electron chi connectivity index (χ2n) is 6.90. The SMILES string of the molecule is CC1=CC(C)(C)N(C(C)C)c2cc(C)c(/C=N/NC(N)=O)cc21. The van der Waals surface area contributed by atoms with Crippen LogP contribution in [0.2, 0.25) is 0 Å². The van der Waals surface area contributed by atoms with Crippen LogP contribution in [0.15, 0.2) is 23.3 Å². The quantitative estimate of drug-likeness (QED) is 0.663. The number of rotatable bonds is 3. The molecule has 5 heteroatoms. The predicted octanol–water partition coefficient (Wildman–Crippen LogP) is 3.41. The fourth-order valence-electron chi connectivity index (χ4n) is 3.46. The Kier molecular flexibility index (Phi) is 4.50. The van der Waals surface area contributed by atoms with E-state index < -0.39 is 6.03 Å². The van der Waals surface area contributed by atoms with Gasteiger partial charge in [-0.2, -0.15) is 5.10 Å². The lowest BCUT2D eigenvalue weighted by molar-refractivity contribution is 0.249. The van der Waals surface area contributed by atoms with Gasteiger partial charge in [0.15, 0.2) is 0 Å². The van der Waals surface area contributed by atoms with Crippen LogP contribution >= 0.6 is 0 Å². The first-order valence-corrected chi connectivity index (χ1v) is 7.86. The first-order valence-electron chi connectivity index (χ1n) is 7.86. The molecule has 2 rings (SSSR count). The zero-order chi connectivity index (χ0) is 17.4. The zero-order valence-electron chi connectivity index (χ0n) is 14.8. The maximum atomic E-state index is 10.7. The van der Waals surface area contributed by atoms with Gasteiger partial charge < -0.3 is 10.6 Å². The molecule has 1 aromatic carbocycles. The van der Waals surface area contributed by atoms with Crippen LogP contribution in [-0.4, -0.2) is 23.8 Å². The van der Waals surface area contributed by atoms with Gasteiger partial charge in [-0.15, -0.1) is 0 Å². The van der Waals surface area contributed by atoms with Gasteiger partial charge in [0, 0.05) is 17.3 Å². The van der Waals surface area contributed by atoms with Crippen molar-refractivity contribution in [2.45, 2.75) is 53.1 Å². The summed E-state index contributed by atoms with van der Waals surface area (Å²) in [5.41, 5.74) is 13.0. The van der Waals surface area contributed by atoms with Crippen molar-refractivity contribution in [2.75, 3.05) is 4.90 Å². The van der Waals surface area contributed by atoms with Crippen molar-refractivity contribution in [3.63, 3.8) is 0 Å². The van der Waals surface area contributed by atoms with Crippen LogP contribution in [-0.2, 0) is 0 Å². The van der Waals surface area contributed by atoms with E-state index in [0.29, 0.717) is 6.04 Å². The molecule has 3 N–H and O–H groups in total. The van der Waals surface area contributed by atoms with Crippen molar-refractivity contribution in [1.82, 2.24) is 5.43 Å². The van der Waals surface area contributed by atoms with Crippen LogP contribution in [0.4, 0.5) is 10.5 Å². The fourth-order valence-corrected chi connectivity index (χ4v) is 3.46. The van der Waals surface area contributed by atoms with Crippen LogP contribution in [0.3, 0.4) is 0 Å². The number of carbonyl (C=O) groups is 1. The van der Waals surface area contributed by atoms with Crippen LogP contribution in [0, 0.1) is 6.92 Å². The average molecular weight is 314 g/mol. The number of hydrazone groups is 1. The van der Waals surface area contributed by atoms with Gasteiger partial charge in [0.1, 0.15) is 0 Å². The molecule has 0 saturated heterocycles. The van der Waals surface area contributed by atoms with Gasteiger partial charge in [0.2, 0.25) is 0 Å². The van der Waals surface area contributed by atoms with E-state index in [1.165, 1.54) is 16.8 Å². The topological polar surface area (TPSA) is 70.7 Å². The standard InChI is InChI=1S/C18H26N4O/c1-11(2)22-16-7-12(3)14(10-20-21-17(19)23)8-15(16)13(4)9-18(22,5)6/h7-11H,1-6H3,(H3,19,21,23)/b20-10+. The number of nitrogens with zero attached hydrogens (tertiary/aromatic N) is 2. The lowest BCUT2D eigenvalue weighted by Crippen LogP contribution is -2.49. The molecule has 0 saturated carbocycles. The fraction of sp³-hybridized carbons (Fsp3) is 0.444. The van der Waals surface area contributed by atoms with Crippen LogP contribution in [0.1, 0.15) is 51.3 Å². The number of nitrogens with one attached hydrogen (secondary N) is 1. The van der Waals surface area contributed by atoms with Gasteiger partial charge in [-0.05, 0) is 70.4 Å². The third-order valence-electron chi connectivity index (χ3n) is 4.15. The molecule has 23 heavy (non-hydrogen) atoms. The Morgan fingerprint density at radius 2 is 2.00 bits per heavy atom. The van der Waals surface area contributed by atoms with Crippen molar-refractivity contribution in [1.29, 1.82) is 0 Å². The van der Waals surface area contributed by atoms with Crippen LogP contribution in [0.5, 0.6) is 0 Å². The third kappa shape index (κ3) is 3.38.